The summed E-state index contributed by atoms with van der Waals surface area (Å²) < 4.78 is 6.04. The molecule has 1 aromatic carbocycles. The van der Waals surface area contributed by atoms with Crippen LogP contribution in [0.25, 0.3) is 0 Å². The minimum absolute atomic E-state index is 0.0182. The SMILES string of the molecule is CCCO[C@@H]1CC[C@H](C(=O)N(C)Cc2ccccc2C)C[C@H]1NC(=O)C1CCC1. The van der Waals surface area contributed by atoms with Crippen molar-refractivity contribution in [3.8, 4) is 0 Å². The molecule has 0 unspecified atom stereocenters. The van der Waals surface area contributed by atoms with E-state index in [-0.39, 0.29) is 35.8 Å². The van der Waals surface area contributed by atoms with Crippen molar-refractivity contribution in [1.29, 1.82) is 0 Å². The molecule has 5 heteroatoms. The number of rotatable bonds is 8. The maximum Gasteiger partial charge on any atom is 0.225 e. The Morgan fingerprint density at radius 1 is 1.14 bits per heavy atom. The molecule has 1 aromatic rings. The predicted molar refractivity (Wildman–Crippen MR) is 114 cm³/mol. The van der Waals surface area contributed by atoms with Crippen LogP contribution in [0.15, 0.2) is 24.3 Å². The van der Waals surface area contributed by atoms with Crippen LogP contribution in [0.1, 0.15) is 63.0 Å². The molecule has 0 aliphatic heterocycles. The molecule has 3 rings (SSSR count). The lowest BCUT2D eigenvalue weighted by atomic mass is 9.81. The van der Waals surface area contributed by atoms with Crippen molar-refractivity contribution in [3.63, 3.8) is 0 Å². The monoisotopic (exact) mass is 400 g/mol. The van der Waals surface area contributed by atoms with E-state index in [0.717, 1.165) is 38.5 Å². The summed E-state index contributed by atoms with van der Waals surface area (Å²) in [5.41, 5.74) is 2.38. The number of ether oxygens (including phenoxy) is 1. The molecule has 3 atom stereocenters. The van der Waals surface area contributed by atoms with E-state index in [1.54, 1.807) is 0 Å². The van der Waals surface area contributed by atoms with Crippen LogP contribution in [-0.2, 0) is 20.9 Å². The second-order valence-corrected chi connectivity index (χ2v) is 8.78. The van der Waals surface area contributed by atoms with E-state index >= 15 is 0 Å². The third-order valence-electron chi connectivity index (χ3n) is 6.52. The first-order valence-electron chi connectivity index (χ1n) is 11.2. The van der Waals surface area contributed by atoms with E-state index < -0.39 is 0 Å². The van der Waals surface area contributed by atoms with Crippen LogP contribution in [0.2, 0.25) is 0 Å². The molecule has 0 radical (unpaired) electrons. The Morgan fingerprint density at radius 3 is 2.55 bits per heavy atom. The molecule has 2 aliphatic carbocycles. The topological polar surface area (TPSA) is 58.6 Å². The van der Waals surface area contributed by atoms with Crippen LogP contribution in [0.5, 0.6) is 0 Å². The summed E-state index contributed by atoms with van der Waals surface area (Å²) in [4.78, 5) is 27.5. The van der Waals surface area contributed by atoms with Gasteiger partial charge in [-0.05, 0) is 56.6 Å². The van der Waals surface area contributed by atoms with Crippen LogP contribution in [0.3, 0.4) is 0 Å². The van der Waals surface area contributed by atoms with Crippen LogP contribution < -0.4 is 5.32 Å². The highest BCUT2D eigenvalue weighted by Crippen LogP contribution is 2.31. The van der Waals surface area contributed by atoms with Gasteiger partial charge >= 0.3 is 0 Å². The van der Waals surface area contributed by atoms with E-state index in [0.29, 0.717) is 19.6 Å². The van der Waals surface area contributed by atoms with Gasteiger partial charge in [-0.2, -0.15) is 0 Å². The van der Waals surface area contributed by atoms with Crippen molar-refractivity contribution < 1.29 is 14.3 Å². The zero-order chi connectivity index (χ0) is 20.8. The first-order chi connectivity index (χ1) is 14.0. The first kappa shape index (κ1) is 21.8. The quantitative estimate of drug-likeness (QED) is 0.721. The molecule has 5 nitrogen and oxygen atoms in total. The molecule has 0 heterocycles. The van der Waals surface area contributed by atoms with Crippen LogP contribution in [0, 0.1) is 18.8 Å². The lowest BCUT2D eigenvalue weighted by molar-refractivity contribution is -0.139. The lowest BCUT2D eigenvalue weighted by Gasteiger charge is -2.38. The van der Waals surface area contributed by atoms with E-state index in [4.69, 9.17) is 4.74 Å². The average Bonchev–Trinajstić information content (AvgIpc) is 2.66. The van der Waals surface area contributed by atoms with Gasteiger partial charge in [0.25, 0.3) is 0 Å². The smallest absolute Gasteiger partial charge is 0.225 e. The van der Waals surface area contributed by atoms with Gasteiger partial charge in [0.05, 0.1) is 12.1 Å². The van der Waals surface area contributed by atoms with E-state index in [2.05, 4.69) is 31.3 Å². The summed E-state index contributed by atoms with van der Waals surface area (Å²) in [5.74, 6) is 0.414. The first-order valence-corrected chi connectivity index (χ1v) is 11.2. The van der Waals surface area contributed by atoms with Gasteiger partial charge in [-0.1, -0.05) is 37.6 Å². The van der Waals surface area contributed by atoms with E-state index in [1.165, 1.54) is 11.1 Å². The number of aryl methyl sites for hydroxylation is 1. The van der Waals surface area contributed by atoms with Gasteiger partial charge in [-0.15, -0.1) is 0 Å². The van der Waals surface area contributed by atoms with Crippen LogP contribution in [0.4, 0.5) is 0 Å². The van der Waals surface area contributed by atoms with Crippen molar-refractivity contribution in [2.45, 2.75) is 77.5 Å². The molecular weight excluding hydrogens is 364 g/mol. The van der Waals surface area contributed by atoms with Crippen molar-refractivity contribution in [3.05, 3.63) is 35.4 Å². The molecule has 1 N–H and O–H groups in total. The molecule has 2 amide bonds. The Morgan fingerprint density at radius 2 is 1.90 bits per heavy atom. The van der Waals surface area contributed by atoms with E-state index in [9.17, 15) is 9.59 Å². The molecular formula is C24H36N2O3. The highest BCUT2D eigenvalue weighted by atomic mass is 16.5. The molecule has 2 fully saturated rings. The number of nitrogens with one attached hydrogen (secondary N) is 1. The zero-order valence-electron chi connectivity index (χ0n) is 18.2. The van der Waals surface area contributed by atoms with Crippen molar-refractivity contribution >= 4 is 11.8 Å². The molecule has 0 spiro atoms. The van der Waals surface area contributed by atoms with Crippen LogP contribution >= 0.6 is 0 Å². The van der Waals surface area contributed by atoms with Gasteiger partial charge in [0.15, 0.2) is 0 Å². The van der Waals surface area contributed by atoms with Gasteiger partial charge < -0.3 is 15.0 Å². The second-order valence-electron chi connectivity index (χ2n) is 8.78. The maximum atomic E-state index is 13.1. The Bertz CT molecular complexity index is 701. The van der Waals surface area contributed by atoms with Gasteiger partial charge in [-0.25, -0.2) is 0 Å². The highest BCUT2D eigenvalue weighted by molar-refractivity contribution is 5.81. The van der Waals surface area contributed by atoms with E-state index in [1.807, 2.05) is 24.1 Å². The number of hydrogen-bond acceptors (Lipinski definition) is 3. The van der Waals surface area contributed by atoms with Crippen LogP contribution in [-0.4, -0.2) is 42.5 Å². The molecule has 0 saturated heterocycles. The van der Waals surface area contributed by atoms with Gasteiger partial charge in [0, 0.05) is 32.0 Å². The number of nitrogens with zero attached hydrogens (tertiary/aromatic N) is 1. The fraction of sp³-hybridized carbons (Fsp3) is 0.667. The molecule has 2 saturated carbocycles. The van der Waals surface area contributed by atoms with Gasteiger partial charge in [0.2, 0.25) is 11.8 Å². The van der Waals surface area contributed by atoms with Crippen molar-refractivity contribution in [2.75, 3.05) is 13.7 Å². The molecule has 0 bridgehead atoms. The summed E-state index contributed by atoms with van der Waals surface area (Å²) in [7, 11) is 1.89. The minimum Gasteiger partial charge on any atom is -0.376 e. The summed E-state index contributed by atoms with van der Waals surface area (Å²) in [6.45, 7) is 5.50. The Kier molecular flexibility index (Phi) is 7.70. The summed E-state index contributed by atoms with van der Waals surface area (Å²) >= 11 is 0. The lowest BCUT2D eigenvalue weighted by Crippen LogP contribution is -2.52. The number of carbonyl (C=O) groups is 2. The fourth-order valence-electron chi connectivity index (χ4n) is 4.39. The molecule has 2 aliphatic rings. The third-order valence-corrected chi connectivity index (χ3v) is 6.52. The van der Waals surface area contributed by atoms with Crippen molar-refractivity contribution in [1.82, 2.24) is 10.2 Å². The summed E-state index contributed by atoms with van der Waals surface area (Å²) in [6, 6.07) is 8.13. The summed E-state index contributed by atoms with van der Waals surface area (Å²) in [5, 5.41) is 3.23. The summed E-state index contributed by atoms with van der Waals surface area (Å²) in [6.07, 6.45) is 6.41. The highest BCUT2D eigenvalue weighted by Gasteiger charge is 2.38. The predicted octanol–water partition coefficient (Wildman–Crippen LogP) is 3.83. The number of carbonyl (C=O) groups excluding carboxylic acids is 2. The number of benzene rings is 1. The van der Waals surface area contributed by atoms with Gasteiger partial charge in [0.1, 0.15) is 0 Å². The average molecular weight is 401 g/mol. The third kappa shape index (κ3) is 5.59. The molecule has 0 aromatic heterocycles. The maximum absolute atomic E-state index is 13.1. The second kappa shape index (κ2) is 10.2. The Hall–Kier alpha value is -1.88. The normalized spacial score (nSPS) is 24.6. The number of hydrogen-bond donors (Lipinski definition) is 1. The largest absolute Gasteiger partial charge is 0.376 e. The van der Waals surface area contributed by atoms with Crippen molar-refractivity contribution in [2.24, 2.45) is 11.8 Å². The molecule has 160 valence electrons. The van der Waals surface area contributed by atoms with Gasteiger partial charge in [-0.3, -0.25) is 9.59 Å². The Labute approximate surface area is 175 Å². The Balaban J connectivity index is 1.61. The standard InChI is InChI=1S/C24H36N2O3/c1-4-14-29-22-13-12-19(15-21(22)25-23(27)18-10-7-11-18)24(28)26(3)16-20-9-6-5-8-17(20)2/h5-6,8-9,18-19,21-22H,4,7,10-16H2,1-3H3,(H,25,27)/t19-,21+,22+/m0/s1. The number of amides is 2. The zero-order valence-corrected chi connectivity index (χ0v) is 18.2. The fourth-order valence-corrected chi connectivity index (χ4v) is 4.39. The minimum atomic E-state index is -0.0655. The molecule has 29 heavy (non-hydrogen) atoms.